The molecule has 1 aromatic heterocycles. The Balaban J connectivity index is 3.17. The second kappa shape index (κ2) is 2.92. The molecule has 0 saturated carbocycles. The zero-order valence-corrected chi connectivity index (χ0v) is 7.98. The summed E-state index contributed by atoms with van der Waals surface area (Å²) in [5.41, 5.74) is 0. The van der Waals surface area contributed by atoms with Crippen LogP contribution in [0.5, 0.6) is 0 Å². The summed E-state index contributed by atoms with van der Waals surface area (Å²) in [6.07, 6.45) is 1.19. The molecule has 0 amide bonds. The van der Waals surface area contributed by atoms with Crippen molar-refractivity contribution in [2.75, 3.05) is 0 Å². The van der Waals surface area contributed by atoms with Crippen LogP contribution in [0.15, 0.2) is 16.9 Å². The van der Waals surface area contributed by atoms with Crippen LogP contribution in [-0.4, -0.2) is 4.98 Å². The Hall–Kier alpha value is 0.290. The van der Waals surface area contributed by atoms with Crippen LogP contribution in [0.1, 0.15) is 0 Å². The molecule has 0 N–H and O–H groups in total. The van der Waals surface area contributed by atoms with Gasteiger partial charge in [-0.15, -0.1) is 0 Å². The number of hydrogen-bond acceptors (Lipinski definition) is 1. The molecule has 0 aliphatic rings. The molecule has 0 atom stereocenters. The van der Waals surface area contributed by atoms with Gasteiger partial charge in [0.1, 0.15) is 4.60 Å². The van der Waals surface area contributed by atoms with E-state index in [0.29, 0.717) is 8.17 Å². The average Bonchev–Trinajstić information content (AvgIpc) is 1.80. The Bertz CT molecular complexity index is 228. The van der Waals surface area contributed by atoms with Gasteiger partial charge in [-0.25, -0.2) is 9.37 Å². The van der Waals surface area contributed by atoms with Crippen LogP contribution in [0.2, 0.25) is 0 Å². The molecule has 1 aromatic rings. The third-order valence-electron chi connectivity index (χ3n) is 0.775. The summed E-state index contributed by atoms with van der Waals surface area (Å²) in [4.78, 5) is 3.68. The predicted molar refractivity (Wildman–Crippen MR) is 44.6 cm³/mol. The number of rotatable bonds is 0. The lowest BCUT2D eigenvalue weighted by Gasteiger charge is -1.91. The van der Waals surface area contributed by atoms with Crippen LogP contribution >= 0.6 is 38.5 Å². The van der Waals surface area contributed by atoms with E-state index in [1.54, 1.807) is 6.07 Å². The lowest BCUT2D eigenvalue weighted by molar-refractivity contribution is 0.613. The highest BCUT2D eigenvalue weighted by Crippen LogP contribution is 2.13. The first-order valence-electron chi connectivity index (χ1n) is 2.16. The largest absolute Gasteiger partial charge is 0.246 e. The molecule has 0 saturated heterocycles. The smallest absolute Gasteiger partial charge is 0.154 e. The summed E-state index contributed by atoms with van der Waals surface area (Å²) in [5, 5.41) is 0. The zero-order valence-electron chi connectivity index (χ0n) is 4.24. The van der Waals surface area contributed by atoms with Crippen LogP contribution in [0.4, 0.5) is 4.39 Å². The summed E-state index contributed by atoms with van der Waals surface area (Å²) < 4.78 is 13.6. The van der Waals surface area contributed by atoms with Gasteiger partial charge < -0.3 is 0 Å². The Morgan fingerprint density at radius 1 is 1.67 bits per heavy atom. The van der Waals surface area contributed by atoms with E-state index in [-0.39, 0.29) is 5.82 Å². The third kappa shape index (κ3) is 1.86. The highest BCUT2D eigenvalue weighted by molar-refractivity contribution is 14.1. The van der Waals surface area contributed by atoms with Crippen molar-refractivity contribution in [2.45, 2.75) is 0 Å². The van der Waals surface area contributed by atoms with Gasteiger partial charge in [0.25, 0.3) is 0 Å². The van der Waals surface area contributed by atoms with Crippen molar-refractivity contribution in [3.8, 4) is 0 Å². The standard InChI is InChI=1S/C5H2BrFIN/c6-5-1-4(8)3(7)2-9-5/h1-2H. The van der Waals surface area contributed by atoms with E-state index in [0.717, 1.165) is 0 Å². The molecule has 0 aliphatic carbocycles. The molecular weight excluding hydrogens is 300 g/mol. The molecule has 0 fully saturated rings. The monoisotopic (exact) mass is 301 g/mol. The first-order chi connectivity index (χ1) is 4.20. The lowest BCUT2D eigenvalue weighted by atomic mass is 10.5. The summed E-state index contributed by atoms with van der Waals surface area (Å²) in [6, 6.07) is 1.62. The van der Waals surface area contributed by atoms with Gasteiger partial charge in [-0.2, -0.15) is 0 Å². The van der Waals surface area contributed by atoms with E-state index in [2.05, 4.69) is 20.9 Å². The molecule has 1 rings (SSSR count). The van der Waals surface area contributed by atoms with Gasteiger partial charge >= 0.3 is 0 Å². The fourth-order valence-corrected chi connectivity index (χ4v) is 1.58. The van der Waals surface area contributed by atoms with Crippen molar-refractivity contribution < 1.29 is 4.39 Å². The number of halogens is 3. The molecule has 0 aliphatic heterocycles. The first-order valence-corrected chi connectivity index (χ1v) is 4.04. The van der Waals surface area contributed by atoms with Gasteiger partial charge in [0.05, 0.1) is 9.77 Å². The van der Waals surface area contributed by atoms with Gasteiger partial charge in [0, 0.05) is 0 Å². The number of pyridine rings is 1. The van der Waals surface area contributed by atoms with Gasteiger partial charge in [-0.05, 0) is 44.6 Å². The van der Waals surface area contributed by atoms with E-state index in [9.17, 15) is 4.39 Å². The van der Waals surface area contributed by atoms with Crippen molar-refractivity contribution in [3.63, 3.8) is 0 Å². The van der Waals surface area contributed by atoms with Crippen molar-refractivity contribution >= 4 is 38.5 Å². The van der Waals surface area contributed by atoms with Crippen molar-refractivity contribution in [1.82, 2.24) is 4.98 Å². The Morgan fingerprint density at radius 2 is 2.33 bits per heavy atom. The minimum Gasteiger partial charge on any atom is -0.246 e. The van der Waals surface area contributed by atoms with Gasteiger partial charge in [0.2, 0.25) is 0 Å². The molecular formula is C5H2BrFIN. The highest BCUT2D eigenvalue weighted by Gasteiger charge is 1.97. The fourth-order valence-electron chi connectivity index (χ4n) is 0.391. The van der Waals surface area contributed by atoms with Crippen molar-refractivity contribution in [2.24, 2.45) is 0 Å². The number of nitrogens with zero attached hydrogens (tertiary/aromatic N) is 1. The molecule has 0 radical (unpaired) electrons. The molecule has 0 spiro atoms. The van der Waals surface area contributed by atoms with Crippen LogP contribution < -0.4 is 0 Å². The molecule has 9 heavy (non-hydrogen) atoms. The second-order valence-electron chi connectivity index (χ2n) is 1.42. The van der Waals surface area contributed by atoms with E-state index >= 15 is 0 Å². The van der Waals surface area contributed by atoms with E-state index in [1.807, 2.05) is 22.6 Å². The molecule has 1 nitrogen and oxygen atoms in total. The minimum atomic E-state index is -0.279. The third-order valence-corrected chi connectivity index (χ3v) is 2.04. The maximum atomic E-state index is 12.4. The summed E-state index contributed by atoms with van der Waals surface area (Å²) in [6.45, 7) is 0. The number of hydrogen-bond donors (Lipinski definition) is 0. The summed E-state index contributed by atoms with van der Waals surface area (Å²) in [7, 11) is 0. The zero-order chi connectivity index (χ0) is 6.85. The van der Waals surface area contributed by atoms with E-state index in [1.165, 1.54) is 6.20 Å². The predicted octanol–water partition coefficient (Wildman–Crippen LogP) is 2.59. The first kappa shape index (κ1) is 7.40. The van der Waals surface area contributed by atoms with Crippen molar-refractivity contribution in [3.05, 3.63) is 26.3 Å². The molecule has 1 heterocycles. The topological polar surface area (TPSA) is 12.9 Å². The number of aromatic nitrogens is 1. The Labute approximate surface area is 73.9 Å². The molecule has 0 bridgehead atoms. The molecule has 48 valence electrons. The Morgan fingerprint density at radius 3 is 2.78 bits per heavy atom. The average molecular weight is 302 g/mol. The van der Waals surface area contributed by atoms with Crippen LogP contribution in [0.25, 0.3) is 0 Å². The second-order valence-corrected chi connectivity index (χ2v) is 3.40. The Kier molecular flexibility index (Phi) is 2.40. The van der Waals surface area contributed by atoms with Gasteiger partial charge in [0.15, 0.2) is 5.82 Å². The van der Waals surface area contributed by atoms with Gasteiger partial charge in [-0.3, -0.25) is 0 Å². The molecule has 0 aromatic carbocycles. The SMILES string of the molecule is Fc1cnc(Br)cc1I. The maximum Gasteiger partial charge on any atom is 0.154 e. The van der Waals surface area contributed by atoms with Crippen LogP contribution in [0.3, 0.4) is 0 Å². The lowest BCUT2D eigenvalue weighted by Crippen LogP contribution is -1.83. The van der Waals surface area contributed by atoms with E-state index < -0.39 is 0 Å². The van der Waals surface area contributed by atoms with Gasteiger partial charge in [-0.1, -0.05) is 0 Å². The quantitative estimate of drug-likeness (QED) is 0.530. The van der Waals surface area contributed by atoms with Crippen LogP contribution in [0, 0.1) is 9.39 Å². The highest BCUT2D eigenvalue weighted by atomic mass is 127. The molecule has 0 unspecified atom stereocenters. The minimum absolute atomic E-state index is 0.279. The fraction of sp³-hybridized carbons (Fsp3) is 0. The maximum absolute atomic E-state index is 12.4. The summed E-state index contributed by atoms with van der Waals surface area (Å²) in [5.74, 6) is -0.279. The summed E-state index contributed by atoms with van der Waals surface area (Å²) >= 11 is 5.02. The van der Waals surface area contributed by atoms with Crippen molar-refractivity contribution in [1.29, 1.82) is 0 Å². The van der Waals surface area contributed by atoms with E-state index in [4.69, 9.17) is 0 Å². The van der Waals surface area contributed by atoms with Crippen LogP contribution in [-0.2, 0) is 0 Å². The molecule has 4 heteroatoms. The normalized spacial score (nSPS) is 9.67.